The highest BCUT2D eigenvalue weighted by molar-refractivity contribution is 5.70. The average molecular weight is 883 g/mol. The zero-order valence-electron chi connectivity index (χ0n) is 41.0. The van der Waals surface area contributed by atoms with E-state index in [0.717, 1.165) is 128 Å². The van der Waals surface area contributed by atoms with Crippen molar-refractivity contribution < 1.29 is 24.2 Å². The molecule has 0 bridgehead atoms. The number of rotatable bonds is 45. The van der Waals surface area contributed by atoms with Crippen LogP contribution in [0.15, 0.2) is 134 Å². The van der Waals surface area contributed by atoms with Crippen LogP contribution in [0.2, 0.25) is 0 Å². The van der Waals surface area contributed by atoms with Gasteiger partial charge in [0.15, 0.2) is 6.10 Å². The Morgan fingerprint density at radius 3 is 1.02 bits per heavy atom. The molecule has 360 valence electrons. The Bertz CT molecular complexity index is 1370. The van der Waals surface area contributed by atoms with Crippen molar-refractivity contribution in [3.63, 3.8) is 0 Å². The van der Waals surface area contributed by atoms with Gasteiger partial charge in [-0.15, -0.1) is 0 Å². The lowest BCUT2D eigenvalue weighted by molar-refractivity contribution is -0.161. The average Bonchev–Trinajstić information content (AvgIpc) is 3.30. The molecule has 1 atom stereocenters. The summed E-state index contributed by atoms with van der Waals surface area (Å²) in [6, 6.07) is 0. The summed E-state index contributed by atoms with van der Waals surface area (Å²) in [5, 5.41) is 9.58. The smallest absolute Gasteiger partial charge is 0.306 e. The predicted molar refractivity (Wildman–Crippen MR) is 278 cm³/mol. The lowest BCUT2D eigenvalue weighted by atomic mass is 10.1. The number of aliphatic hydroxyl groups is 1. The van der Waals surface area contributed by atoms with Gasteiger partial charge in [0.05, 0.1) is 6.61 Å². The number of carbonyl (C=O) groups excluding carboxylic acids is 2. The van der Waals surface area contributed by atoms with Crippen LogP contribution in [0.1, 0.15) is 206 Å². The van der Waals surface area contributed by atoms with Gasteiger partial charge in [0.1, 0.15) is 6.61 Å². The van der Waals surface area contributed by atoms with Crippen molar-refractivity contribution in [3.05, 3.63) is 134 Å². The fourth-order valence-corrected chi connectivity index (χ4v) is 6.62. The third-order valence-corrected chi connectivity index (χ3v) is 10.5. The molecular weight excluding hydrogens is 789 g/mol. The maximum absolute atomic E-state index is 12.2. The lowest BCUT2D eigenvalue weighted by Gasteiger charge is -2.15. The highest BCUT2D eigenvalue weighted by Gasteiger charge is 2.16. The van der Waals surface area contributed by atoms with Crippen molar-refractivity contribution in [2.24, 2.45) is 0 Å². The minimum Gasteiger partial charge on any atom is -0.462 e. The van der Waals surface area contributed by atoms with Crippen LogP contribution in [-0.2, 0) is 19.1 Å². The van der Waals surface area contributed by atoms with Crippen LogP contribution >= 0.6 is 0 Å². The molecule has 0 radical (unpaired) electrons. The number of allylic oxidation sites excluding steroid dienone is 22. The first-order chi connectivity index (χ1) is 31.6. The Balaban J connectivity index is 3.66. The molecule has 0 aliphatic heterocycles. The van der Waals surface area contributed by atoms with Gasteiger partial charge in [-0.05, 0) is 96.3 Å². The Kier molecular flexibility index (Phi) is 50.1. The van der Waals surface area contributed by atoms with E-state index in [4.69, 9.17) is 9.47 Å². The normalized spacial score (nSPS) is 13.4. The van der Waals surface area contributed by atoms with Gasteiger partial charge < -0.3 is 14.6 Å². The SMILES string of the molecule is CC/C=C\C/C=C\C/C=C\C/C=C\C/C=C\C/C=C\C/C=C\C/C=C\C/C=C\C/C=C\C/C=C\CCCCCCCC(=O)OC(CO)COC(=O)CCCCCCCCCCCCC. The summed E-state index contributed by atoms with van der Waals surface area (Å²) >= 11 is 0. The molecule has 0 spiro atoms. The van der Waals surface area contributed by atoms with Crippen molar-refractivity contribution in [3.8, 4) is 0 Å². The fourth-order valence-electron chi connectivity index (χ4n) is 6.62. The van der Waals surface area contributed by atoms with Crippen LogP contribution < -0.4 is 0 Å². The van der Waals surface area contributed by atoms with Gasteiger partial charge in [0, 0.05) is 12.8 Å². The summed E-state index contributed by atoms with van der Waals surface area (Å²) in [5.41, 5.74) is 0. The van der Waals surface area contributed by atoms with Crippen molar-refractivity contribution in [1.82, 2.24) is 0 Å². The zero-order chi connectivity index (χ0) is 46.3. The molecule has 0 aromatic rings. The first kappa shape index (κ1) is 60.0. The number of hydrogen-bond acceptors (Lipinski definition) is 5. The van der Waals surface area contributed by atoms with E-state index in [1.165, 1.54) is 51.4 Å². The molecule has 0 aromatic carbocycles. The number of ether oxygens (including phenoxy) is 2. The summed E-state index contributed by atoms with van der Waals surface area (Å²) in [7, 11) is 0. The van der Waals surface area contributed by atoms with Crippen LogP contribution in [-0.4, -0.2) is 36.4 Å². The van der Waals surface area contributed by atoms with E-state index in [9.17, 15) is 14.7 Å². The molecule has 0 amide bonds. The molecular formula is C59H94O5. The van der Waals surface area contributed by atoms with E-state index in [-0.39, 0.29) is 25.2 Å². The maximum atomic E-state index is 12.2. The predicted octanol–water partition coefficient (Wildman–Crippen LogP) is 17.3. The van der Waals surface area contributed by atoms with Gasteiger partial charge >= 0.3 is 11.9 Å². The second kappa shape index (κ2) is 53.4. The summed E-state index contributed by atoms with van der Waals surface area (Å²) in [6.07, 6.45) is 79.8. The number of carbonyl (C=O) groups is 2. The van der Waals surface area contributed by atoms with Crippen molar-refractivity contribution in [2.45, 2.75) is 213 Å². The topological polar surface area (TPSA) is 72.8 Å². The number of hydrogen-bond donors (Lipinski definition) is 1. The summed E-state index contributed by atoms with van der Waals surface area (Å²) < 4.78 is 10.6. The van der Waals surface area contributed by atoms with E-state index >= 15 is 0 Å². The molecule has 0 saturated heterocycles. The fraction of sp³-hybridized carbons (Fsp3) is 0.593. The molecule has 0 saturated carbocycles. The van der Waals surface area contributed by atoms with Gasteiger partial charge in [-0.2, -0.15) is 0 Å². The molecule has 0 rings (SSSR count). The second-order valence-corrected chi connectivity index (χ2v) is 16.5. The van der Waals surface area contributed by atoms with Crippen molar-refractivity contribution >= 4 is 11.9 Å². The number of esters is 2. The summed E-state index contributed by atoms with van der Waals surface area (Å²) in [4.78, 5) is 24.3. The van der Waals surface area contributed by atoms with Crippen LogP contribution in [0.3, 0.4) is 0 Å². The molecule has 0 aromatic heterocycles. The monoisotopic (exact) mass is 883 g/mol. The molecule has 1 N–H and O–H groups in total. The highest BCUT2D eigenvalue weighted by atomic mass is 16.6. The Morgan fingerprint density at radius 2 is 0.672 bits per heavy atom. The van der Waals surface area contributed by atoms with Gasteiger partial charge in [0.25, 0.3) is 0 Å². The van der Waals surface area contributed by atoms with Crippen LogP contribution in [0.25, 0.3) is 0 Å². The molecule has 64 heavy (non-hydrogen) atoms. The molecule has 5 heteroatoms. The molecule has 0 aliphatic rings. The van der Waals surface area contributed by atoms with Gasteiger partial charge in [-0.1, -0.05) is 231 Å². The third kappa shape index (κ3) is 50.7. The second-order valence-electron chi connectivity index (χ2n) is 16.5. The van der Waals surface area contributed by atoms with E-state index < -0.39 is 6.10 Å². The Labute approximate surface area is 394 Å². The van der Waals surface area contributed by atoms with E-state index in [2.05, 4.69) is 148 Å². The number of unbranched alkanes of at least 4 members (excludes halogenated alkanes) is 15. The van der Waals surface area contributed by atoms with Crippen molar-refractivity contribution in [1.29, 1.82) is 0 Å². The Morgan fingerprint density at radius 1 is 0.375 bits per heavy atom. The van der Waals surface area contributed by atoms with E-state index in [0.29, 0.717) is 12.8 Å². The molecule has 0 aliphatic carbocycles. The zero-order valence-corrected chi connectivity index (χ0v) is 41.0. The molecule has 5 nitrogen and oxygen atoms in total. The van der Waals surface area contributed by atoms with Crippen molar-refractivity contribution in [2.75, 3.05) is 13.2 Å². The molecule has 1 unspecified atom stereocenters. The van der Waals surface area contributed by atoms with Crippen LogP contribution in [0.5, 0.6) is 0 Å². The third-order valence-electron chi connectivity index (χ3n) is 10.5. The molecule has 0 heterocycles. The summed E-state index contributed by atoms with van der Waals surface area (Å²) in [6.45, 7) is 3.99. The van der Waals surface area contributed by atoms with Gasteiger partial charge in [0.2, 0.25) is 0 Å². The highest BCUT2D eigenvalue weighted by Crippen LogP contribution is 2.13. The quantitative estimate of drug-likeness (QED) is 0.0375. The van der Waals surface area contributed by atoms with E-state index in [1.54, 1.807) is 0 Å². The van der Waals surface area contributed by atoms with Gasteiger partial charge in [-0.3, -0.25) is 9.59 Å². The lowest BCUT2D eigenvalue weighted by Crippen LogP contribution is -2.28. The van der Waals surface area contributed by atoms with Gasteiger partial charge in [-0.25, -0.2) is 0 Å². The van der Waals surface area contributed by atoms with Crippen LogP contribution in [0, 0.1) is 0 Å². The van der Waals surface area contributed by atoms with Crippen LogP contribution in [0.4, 0.5) is 0 Å². The Hall–Kier alpha value is -3.96. The minimum absolute atomic E-state index is 0.0793. The van der Waals surface area contributed by atoms with E-state index in [1.807, 2.05) is 0 Å². The standard InChI is InChI=1S/C59H94O5/c1-3-5-7-9-11-13-15-16-17-18-19-20-21-22-23-24-25-26-27-28-29-30-31-32-33-34-35-36-37-38-39-40-41-42-44-46-48-50-52-54-59(62)64-57(55-60)56-63-58(61)53-51-49-47-45-43-14-12-10-8-6-4-2/h5,7,11,13,16-17,19-20,22-23,25-26,28-29,31-32,34-35,37-38,40-41,57,60H,3-4,6,8-10,12,14-15,18,21,24,27,30,33,36,39,42-56H2,1-2H3/b7-5-,13-11-,17-16-,20-19-,23-22-,26-25-,29-28-,32-31-,35-34-,38-37-,41-40-. The minimum atomic E-state index is -0.788. The first-order valence-corrected chi connectivity index (χ1v) is 25.7. The molecule has 0 fully saturated rings. The summed E-state index contributed by atoms with van der Waals surface area (Å²) in [5.74, 6) is -0.621. The largest absolute Gasteiger partial charge is 0.462 e. The first-order valence-electron chi connectivity index (χ1n) is 25.7. The maximum Gasteiger partial charge on any atom is 0.306 e. The number of aliphatic hydroxyl groups excluding tert-OH is 1.